The van der Waals surface area contributed by atoms with Crippen LogP contribution in [0.5, 0.6) is 0 Å². The maximum atomic E-state index is 12.0. The van der Waals surface area contributed by atoms with E-state index in [4.69, 9.17) is 0 Å². The topological polar surface area (TPSA) is 44.4 Å². The third kappa shape index (κ3) is 5.75. The smallest absolute Gasteiger partial charge is 0.314 e. The standard InChI is InChI=1S/C19H25N3O/c1-22(2)18(17-11-7-4-8-12-17)15-21-19(23)20-14-13-16-9-5-3-6-10-16/h3-12,18H,13-15H2,1-2H3,(H2,20,21,23). The number of nitrogens with one attached hydrogen (secondary N) is 2. The van der Waals surface area contributed by atoms with Crippen molar-refractivity contribution in [1.29, 1.82) is 0 Å². The van der Waals surface area contributed by atoms with Crippen molar-refractivity contribution in [3.8, 4) is 0 Å². The highest BCUT2D eigenvalue weighted by molar-refractivity contribution is 5.73. The number of benzene rings is 2. The number of nitrogens with zero attached hydrogens (tertiary/aromatic N) is 1. The lowest BCUT2D eigenvalue weighted by Crippen LogP contribution is -2.41. The average molecular weight is 311 g/mol. The molecule has 0 aliphatic rings. The van der Waals surface area contributed by atoms with Crippen LogP contribution >= 0.6 is 0 Å². The van der Waals surface area contributed by atoms with Crippen molar-refractivity contribution in [2.75, 3.05) is 27.2 Å². The molecule has 4 heteroatoms. The summed E-state index contributed by atoms with van der Waals surface area (Å²) in [7, 11) is 4.04. The second kappa shape index (κ2) is 8.96. The van der Waals surface area contributed by atoms with Gasteiger partial charge in [-0.05, 0) is 31.6 Å². The second-order valence-corrected chi connectivity index (χ2v) is 5.76. The fraction of sp³-hybridized carbons (Fsp3) is 0.316. The third-order valence-electron chi connectivity index (χ3n) is 3.81. The molecule has 0 radical (unpaired) electrons. The van der Waals surface area contributed by atoms with Gasteiger partial charge in [-0.2, -0.15) is 0 Å². The Labute approximate surface area is 138 Å². The SMILES string of the molecule is CN(C)C(CNC(=O)NCCc1ccccc1)c1ccccc1. The first-order chi connectivity index (χ1) is 11.2. The Bertz CT molecular complexity index is 584. The summed E-state index contributed by atoms with van der Waals surface area (Å²) in [6, 6.07) is 20.4. The van der Waals surface area contributed by atoms with Gasteiger partial charge in [0.1, 0.15) is 0 Å². The highest BCUT2D eigenvalue weighted by Gasteiger charge is 2.14. The summed E-state index contributed by atoms with van der Waals surface area (Å²) >= 11 is 0. The third-order valence-corrected chi connectivity index (χ3v) is 3.81. The zero-order valence-corrected chi connectivity index (χ0v) is 13.8. The van der Waals surface area contributed by atoms with E-state index in [1.165, 1.54) is 11.1 Å². The van der Waals surface area contributed by atoms with Crippen LogP contribution in [0.4, 0.5) is 4.79 Å². The van der Waals surface area contributed by atoms with Crippen LogP contribution in [0.2, 0.25) is 0 Å². The molecule has 2 rings (SSSR count). The lowest BCUT2D eigenvalue weighted by atomic mass is 10.1. The molecule has 0 bridgehead atoms. The van der Waals surface area contributed by atoms with Crippen LogP contribution in [0.15, 0.2) is 60.7 Å². The summed E-state index contributed by atoms with van der Waals surface area (Å²) in [6.07, 6.45) is 0.837. The first-order valence-electron chi connectivity index (χ1n) is 7.94. The molecule has 0 saturated carbocycles. The Morgan fingerprint density at radius 2 is 1.57 bits per heavy atom. The number of hydrogen-bond donors (Lipinski definition) is 2. The van der Waals surface area contributed by atoms with Crippen LogP contribution in [-0.4, -0.2) is 38.1 Å². The molecule has 2 aromatic carbocycles. The number of rotatable bonds is 7. The molecule has 0 fully saturated rings. The minimum absolute atomic E-state index is 0.122. The maximum Gasteiger partial charge on any atom is 0.314 e. The van der Waals surface area contributed by atoms with Gasteiger partial charge in [0.2, 0.25) is 0 Å². The van der Waals surface area contributed by atoms with Gasteiger partial charge in [-0.3, -0.25) is 0 Å². The van der Waals surface area contributed by atoms with Gasteiger partial charge in [0.05, 0.1) is 6.04 Å². The van der Waals surface area contributed by atoms with Crippen LogP contribution in [-0.2, 0) is 6.42 Å². The summed E-state index contributed by atoms with van der Waals surface area (Å²) in [6.45, 7) is 1.21. The maximum absolute atomic E-state index is 12.0. The highest BCUT2D eigenvalue weighted by Crippen LogP contribution is 2.16. The summed E-state index contributed by atoms with van der Waals surface area (Å²) in [5, 5.41) is 5.87. The summed E-state index contributed by atoms with van der Waals surface area (Å²) < 4.78 is 0. The zero-order valence-electron chi connectivity index (χ0n) is 13.8. The monoisotopic (exact) mass is 311 g/mol. The molecular weight excluding hydrogens is 286 g/mol. The molecule has 2 N–H and O–H groups in total. The number of likely N-dealkylation sites (N-methyl/N-ethyl adjacent to an activating group) is 1. The van der Waals surface area contributed by atoms with E-state index in [1.54, 1.807) is 0 Å². The first-order valence-corrected chi connectivity index (χ1v) is 7.94. The van der Waals surface area contributed by atoms with Gasteiger partial charge in [-0.15, -0.1) is 0 Å². The van der Waals surface area contributed by atoms with Gasteiger partial charge < -0.3 is 15.5 Å². The second-order valence-electron chi connectivity index (χ2n) is 5.76. The Balaban J connectivity index is 1.76. The summed E-state index contributed by atoms with van der Waals surface area (Å²) in [5.74, 6) is 0. The van der Waals surface area contributed by atoms with Crippen molar-refractivity contribution in [2.45, 2.75) is 12.5 Å². The van der Waals surface area contributed by atoms with Gasteiger partial charge in [-0.1, -0.05) is 60.7 Å². The van der Waals surface area contributed by atoms with Crippen LogP contribution in [0.25, 0.3) is 0 Å². The molecule has 23 heavy (non-hydrogen) atoms. The quantitative estimate of drug-likeness (QED) is 0.826. The fourth-order valence-corrected chi connectivity index (χ4v) is 2.49. The van der Waals surface area contributed by atoms with E-state index in [9.17, 15) is 4.79 Å². The van der Waals surface area contributed by atoms with E-state index in [1.807, 2.05) is 50.5 Å². The minimum atomic E-state index is -0.122. The van der Waals surface area contributed by atoms with E-state index in [2.05, 4.69) is 39.8 Å². The zero-order chi connectivity index (χ0) is 16.5. The van der Waals surface area contributed by atoms with Gasteiger partial charge in [0.15, 0.2) is 0 Å². The van der Waals surface area contributed by atoms with Crippen molar-refractivity contribution in [1.82, 2.24) is 15.5 Å². The minimum Gasteiger partial charge on any atom is -0.338 e. The van der Waals surface area contributed by atoms with E-state index in [-0.39, 0.29) is 12.1 Å². The summed E-state index contributed by atoms with van der Waals surface area (Å²) in [5.41, 5.74) is 2.42. The van der Waals surface area contributed by atoms with Gasteiger partial charge in [-0.25, -0.2) is 4.79 Å². The van der Waals surface area contributed by atoms with Crippen molar-refractivity contribution in [3.05, 3.63) is 71.8 Å². The molecule has 1 atom stereocenters. The molecule has 0 spiro atoms. The molecule has 0 aliphatic carbocycles. The van der Waals surface area contributed by atoms with Crippen LogP contribution in [0.3, 0.4) is 0 Å². The lowest BCUT2D eigenvalue weighted by Gasteiger charge is -2.25. The predicted molar refractivity (Wildman–Crippen MR) is 94.4 cm³/mol. The number of carbonyl (C=O) groups excluding carboxylic acids is 1. The number of hydrogen-bond acceptors (Lipinski definition) is 2. The molecule has 0 heterocycles. The van der Waals surface area contributed by atoms with Gasteiger partial charge >= 0.3 is 6.03 Å². The molecule has 122 valence electrons. The first kappa shape index (κ1) is 17.0. The fourth-order valence-electron chi connectivity index (χ4n) is 2.49. The predicted octanol–water partition coefficient (Wildman–Crippen LogP) is 2.83. The molecule has 0 aliphatic heterocycles. The van der Waals surface area contributed by atoms with E-state index in [0.29, 0.717) is 13.1 Å². The molecule has 2 amide bonds. The Hall–Kier alpha value is -2.33. The Morgan fingerprint density at radius 1 is 0.957 bits per heavy atom. The largest absolute Gasteiger partial charge is 0.338 e. The average Bonchev–Trinajstić information content (AvgIpc) is 2.57. The lowest BCUT2D eigenvalue weighted by molar-refractivity contribution is 0.233. The van der Waals surface area contributed by atoms with Crippen molar-refractivity contribution >= 4 is 6.03 Å². The number of urea groups is 1. The number of amides is 2. The van der Waals surface area contributed by atoms with Crippen molar-refractivity contribution < 1.29 is 4.79 Å². The van der Waals surface area contributed by atoms with Crippen molar-refractivity contribution in [3.63, 3.8) is 0 Å². The van der Waals surface area contributed by atoms with Crippen LogP contribution in [0, 0.1) is 0 Å². The van der Waals surface area contributed by atoms with Crippen LogP contribution in [0.1, 0.15) is 17.2 Å². The number of carbonyl (C=O) groups is 1. The van der Waals surface area contributed by atoms with Crippen molar-refractivity contribution in [2.24, 2.45) is 0 Å². The molecule has 1 unspecified atom stereocenters. The normalized spacial score (nSPS) is 12.0. The van der Waals surface area contributed by atoms with E-state index >= 15 is 0 Å². The molecule has 0 aromatic heterocycles. The highest BCUT2D eigenvalue weighted by atomic mass is 16.2. The Morgan fingerprint density at radius 3 is 2.17 bits per heavy atom. The van der Waals surface area contributed by atoms with Crippen LogP contribution < -0.4 is 10.6 Å². The van der Waals surface area contributed by atoms with E-state index < -0.39 is 0 Å². The van der Waals surface area contributed by atoms with Gasteiger partial charge in [0, 0.05) is 13.1 Å². The van der Waals surface area contributed by atoms with E-state index in [0.717, 1.165) is 6.42 Å². The molecular formula is C19H25N3O. The molecule has 4 nitrogen and oxygen atoms in total. The summed E-state index contributed by atoms with van der Waals surface area (Å²) in [4.78, 5) is 14.1. The Kier molecular flexibility index (Phi) is 6.63. The molecule has 2 aromatic rings. The molecule has 0 saturated heterocycles. The van der Waals surface area contributed by atoms with Gasteiger partial charge in [0.25, 0.3) is 0 Å².